The van der Waals surface area contributed by atoms with E-state index < -0.39 is 11.9 Å². The molecule has 0 atom stereocenters. The maximum absolute atomic E-state index is 10.4. The van der Waals surface area contributed by atoms with E-state index in [1.165, 1.54) is 0 Å². The molecule has 0 aliphatic rings. The standard InChI is InChI=1S/C6H8O4.C3H9N.K.H/c1-2-10-6(9)4-3-5(7)8;1-4(2)3;;/h3-4H,2H2,1H3,(H,7,8);1-3H3;;/q;;+1;-1/b4-3+;;;. The van der Waals surface area contributed by atoms with Crippen molar-refractivity contribution in [2.24, 2.45) is 0 Å². The minimum Gasteiger partial charge on any atom is -1.00 e. The normalized spacial score (nSPS) is 8.87. The number of ether oxygens (including phenoxy) is 1. The summed E-state index contributed by atoms with van der Waals surface area (Å²) in [6.45, 7) is 1.90. The van der Waals surface area contributed by atoms with Gasteiger partial charge in [-0.1, -0.05) is 0 Å². The molecule has 0 unspecified atom stereocenters. The minimum atomic E-state index is -1.16. The van der Waals surface area contributed by atoms with Crippen molar-refractivity contribution in [1.29, 1.82) is 0 Å². The second-order valence-corrected chi connectivity index (χ2v) is 2.77. The Kier molecular flexibility index (Phi) is 19.7. The molecule has 0 saturated heterocycles. The van der Waals surface area contributed by atoms with Crippen LogP contribution in [0.3, 0.4) is 0 Å². The summed E-state index contributed by atoms with van der Waals surface area (Å²) in [4.78, 5) is 22.2. The Balaban J connectivity index is -0.000000105. The van der Waals surface area contributed by atoms with Gasteiger partial charge in [-0.3, -0.25) is 0 Å². The summed E-state index contributed by atoms with van der Waals surface area (Å²) in [7, 11) is 6.00. The molecule has 0 aliphatic carbocycles. The molecule has 6 heteroatoms. The molecule has 0 heterocycles. The molecule has 1 N–H and O–H groups in total. The number of carboxylic acid groups (broad SMARTS) is 1. The molecule has 0 aromatic rings. The molecule has 0 aliphatic heterocycles. The number of hydrogen-bond acceptors (Lipinski definition) is 4. The monoisotopic (exact) mass is 243 g/mol. The van der Waals surface area contributed by atoms with Crippen LogP contribution >= 0.6 is 0 Å². The molecule has 0 spiro atoms. The van der Waals surface area contributed by atoms with E-state index in [9.17, 15) is 9.59 Å². The van der Waals surface area contributed by atoms with E-state index in [2.05, 4.69) is 4.74 Å². The number of carbonyl (C=O) groups excluding carboxylic acids is 1. The van der Waals surface area contributed by atoms with E-state index in [0.29, 0.717) is 0 Å². The molecule has 0 bridgehead atoms. The summed E-state index contributed by atoms with van der Waals surface area (Å²) in [5, 5.41) is 8.04. The average molecular weight is 243 g/mol. The second kappa shape index (κ2) is 14.3. The summed E-state index contributed by atoms with van der Waals surface area (Å²) in [5.41, 5.74) is 0. The fourth-order valence-corrected chi connectivity index (χ4v) is 0.330. The number of nitrogens with zero attached hydrogens (tertiary/aromatic N) is 1. The van der Waals surface area contributed by atoms with Crippen LogP contribution < -0.4 is 51.4 Å². The molecule has 0 aromatic heterocycles. The van der Waals surface area contributed by atoms with E-state index in [4.69, 9.17) is 5.11 Å². The third-order valence-electron chi connectivity index (χ3n) is 0.649. The molecule has 84 valence electrons. The zero-order valence-electron chi connectivity index (χ0n) is 11.0. The van der Waals surface area contributed by atoms with Crippen molar-refractivity contribution >= 4 is 11.9 Å². The number of carbonyl (C=O) groups is 2. The van der Waals surface area contributed by atoms with Crippen molar-refractivity contribution in [3.05, 3.63) is 12.2 Å². The fourth-order valence-electron chi connectivity index (χ4n) is 0.330. The van der Waals surface area contributed by atoms with Gasteiger partial charge in [0.1, 0.15) is 0 Å². The van der Waals surface area contributed by atoms with Crippen LogP contribution in [0.1, 0.15) is 8.35 Å². The van der Waals surface area contributed by atoms with Gasteiger partial charge in [0.2, 0.25) is 0 Å². The SMILES string of the molecule is CCOC(=O)/C=C/C(=O)O.CN(C)C.[H-].[K+]. The summed E-state index contributed by atoms with van der Waals surface area (Å²) < 4.78 is 4.40. The van der Waals surface area contributed by atoms with Crippen LogP contribution in [0.25, 0.3) is 0 Å². The van der Waals surface area contributed by atoms with Crippen molar-refractivity contribution in [3.8, 4) is 0 Å². The fraction of sp³-hybridized carbons (Fsp3) is 0.556. The predicted octanol–water partition coefficient (Wildman–Crippen LogP) is -2.52. The zero-order chi connectivity index (χ0) is 11.6. The first-order valence-electron chi connectivity index (χ1n) is 4.08. The Morgan fingerprint density at radius 2 is 1.73 bits per heavy atom. The molecule has 15 heavy (non-hydrogen) atoms. The maximum atomic E-state index is 10.4. The summed E-state index contributed by atoms with van der Waals surface area (Å²) >= 11 is 0. The summed E-state index contributed by atoms with van der Waals surface area (Å²) in [5.74, 6) is -1.79. The minimum absolute atomic E-state index is 0. The van der Waals surface area contributed by atoms with E-state index in [0.717, 1.165) is 12.2 Å². The Morgan fingerprint density at radius 3 is 2.00 bits per heavy atom. The van der Waals surface area contributed by atoms with Crippen molar-refractivity contribution in [2.45, 2.75) is 6.92 Å². The van der Waals surface area contributed by atoms with Crippen LogP contribution in [0.2, 0.25) is 0 Å². The third kappa shape index (κ3) is 31.4. The number of rotatable bonds is 3. The Hall–Kier alpha value is 0.276. The van der Waals surface area contributed by atoms with Gasteiger partial charge in [-0.25, -0.2) is 9.59 Å². The third-order valence-corrected chi connectivity index (χ3v) is 0.649. The van der Waals surface area contributed by atoms with Crippen LogP contribution in [0, 0.1) is 0 Å². The maximum Gasteiger partial charge on any atom is 1.00 e. The van der Waals surface area contributed by atoms with E-state index in [1.54, 1.807) is 6.92 Å². The number of carboxylic acids is 1. The van der Waals surface area contributed by atoms with Gasteiger partial charge in [0, 0.05) is 12.2 Å². The molecular weight excluding hydrogens is 225 g/mol. The molecule has 0 rings (SSSR count). The molecule has 0 radical (unpaired) electrons. The van der Waals surface area contributed by atoms with Crippen molar-refractivity contribution in [2.75, 3.05) is 27.7 Å². The Labute approximate surface area is 134 Å². The van der Waals surface area contributed by atoms with Crippen LogP contribution in [-0.2, 0) is 14.3 Å². The number of esters is 1. The van der Waals surface area contributed by atoms with Crippen molar-refractivity contribution in [1.82, 2.24) is 4.90 Å². The molecule has 5 nitrogen and oxygen atoms in total. The summed E-state index contributed by atoms with van der Waals surface area (Å²) in [6.07, 6.45) is 1.60. The second-order valence-electron chi connectivity index (χ2n) is 2.77. The first-order valence-corrected chi connectivity index (χ1v) is 4.08. The van der Waals surface area contributed by atoms with Gasteiger partial charge in [0.05, 0.1) is 6.61 Å². The van der Waals surface area contributed by atoms with Crippen molar-refractivity contribution < 1.29 is 72.2 Å². The van der Waals surface area contributed by atoms with E-state index >= 15 is 0 Å². The van der Waals surface area contributed by atoms with Gasteiger partial charge in [-0.15, -0.1) is 0 Å². The topological polar surface area (TPSA) is 66.8 Å². The van der Waals surface area contributed by atoms with E-state index in [1.807, 2.05) is 26.0 Å². The summed E-state index contributed by atoms with van der Waals surface area (Å²) in [6, 6.07) is 0. The molecule has 0 aromatic carbocycles. The zero-order valence-corrected chi connectivity index (χ0v) is 13.1. The Morgan fingerprint density at radius 1 is 1.33 bits per heavy atom. The van der Waals surface area contributed by atoms with Gasteiger partial charge in [-0.2, -0.15) is 0 Å². The smallest absolute Gasteiger partial charge is 1.00 e. The van der Waals surface area contributed by atoms with Gasteiger partial charge >= 0.3 is 63.3 Å². The van der Waals surface area contributed by atoms with Gasteiger partial charge < -0.3 is 16.2 Å². The predicted molar refractivity (Wildman–Crippen MR) is 54.1 cm³/mol. The largest absolute Gasteiger partial charge is 1.00 e. The molecule has 0 amide bonds. The first kappa shape index (κ1) is 20.7. The van der Waals surface area contributed by atoms with Crippen molar-refractivity contribution in [3.63, 3.8) is 0 Å². The quantitative estimate of drug-likeness (QED) is 0.337. The van der Waals surface area contributed by atoms with Crippen LogP contribution in [0.4, 0.5) is 0 Å². The van der Waals surface area contributed by atoms with Gasteiger partial charge in [0.25, 0.3) is 0 Å². The molecule has 0 fully saturated rings. The number of aliphatic carboxylic acids is 1. The molecule has 0 saturated carbocycles. The molecular formula is C9H18KNO4. The van der Waals surface area contributed by atoms with Gasteiger partial charge in [0.15, 0.2) is 0 Å². The van der Waals surface area contributed by atoms with Gasteiger partial charge in [-0.05, 0) is 28.1 Å². The van der Waals surface area contributed by atoms with Crippen LogP contribution in [0.5, 0.6) is 0 Å². The van der Waals surface area contributed by atoms with Crippen LogP contribution in [-0.4, -0.2) is 49.7 Å². The van der Waals surface area contributed by atoms with Crippen LogP contribution in [0.15, 0.2) is 12.2 Å². The average Bonchev–Trinajstić information content (AvgIpc) is 2.00. The first-order chi connectivity index (χ1) is 6.40. The number of hydrogen-bond donors (Lipinski definition) is 1. The van der Waals surface area contributed by atoms with E-state index in [-0.39, 0.29) is 59.4 Å². The Bertz CT molecular complexity index is 207.